The van der Waals surface area contributed by atoms with Gasteiger partial charge in [-0.15, -0.1) is 0 Å². The van der Waals surface area contributed by atoms with Gasteiger partial charge in [0.2, 0.25) is 5.82 Å². The van der Waals surface area contributed by atoms with E-state index in [2.05, 4.69) is 10.1 Å². The summed E-state index contributed by atoms with van der Waals surface area (Å²) < 4.78 is 69.7. The Morgan fingerprint density at radius 2 is 1.60 bits per heavy atom. The normalized spacial score (nSPS) is 11.1. The molecule has 0 aliphatic carbocycles. The maximum Gasteiger partial charge on any atom is 0.256 e. The van der Waals surface area contributed by atoms with Gasteiger partial charge in [-0.25, -0.2) is 26.9 Å². The van der Waals surface area contributed by atoms with Gasteiger partial charge < -0.3 is 5.32 Å². The average Bonchev–Trinajstić information content (AvgIpc) is 3.19. The standard InChI is InChI=1S/C20H11F5N4O/c1-29-8-9(7-26-29)13-6-11(10-4-2-3-5-12(10)27-13)20(30)28-19-17(24)15(22)14(21)16(23)18(19)25/h2-8H,1H3,(H,28,30). The minimum atomic E-state index is -2.31. The van der Waals surface area contributed by atoms with E-state index in [1.165, 1.54) is 16.9 Å². The highest BCUT2D eigenvalue weighted by Gasteiger charge is 2.27. The number of nitrogens with one attached hydrogen (secondary N) is 1. The maximum atomic E-state index is 14.0. The molecule has 152 valence electrons. The zero-order valence-electron chi connectivity index (χ0n) is 15.2. The van der Waals surface area contributed by atoms with Crippen molar-refractivity contribution in [3.8, 4) is 11.3 Å². The van der Waals surface area contributed by atoms with E-state index in [-0.39, 0.29) is 5.56 Å². The number of hydrogen-bond donors (Lipinski definition) is 1. The first-order valence-corrected chi connectivity index (χ1v) is 8.49. The van der Waals surface area contributed by atoms with E-state index in [1.807, 2.05) is 0 Å². The number of nitrogens with zero attached hydrogens (tertiary/aromatic N) is 3. The number of rotatable bonds is 3. The Hall–Kier alpha value is -3.82. The Balaban J connectivity index is 1.85. The first-order valence-electron chi connectivity index (χ1n) is 8.49. The third kappa shape index (κ3) is 3.15. The summed E-state index contributed by atoms with van der Waals surface area (Å²) in [5.41, 5.74) is -0.206. The molecule has 0 saturated carbocycles. The second-order valence-corrected chi connectivity index (χ2v) is 6.37. The van der Waals surface area contributed by atoms with Gasteiger partial charge in [0.25, 0.3) is 5.91 Å². The van der Waals surface area contributed by atoms with Crippen molar-refractivity contribution in [3.05, 3.63) is 77.4 Å². The van der Waals surface area contributed by atoms with Crippen LogP contribution < -0.4 is 5.32 Å². The zero-order chi connectivity index (χ0) is 21.6. The fourth-order valence-electron chi connectivity index (χ4n) is 2.96. The topological polar surface area (TPSA) is 59.8 Å². The largest absolute Gasteiger partial charge is 0.317 e. The van der Waals surface area contributed by atoms with Crippen molar-refractivity contribution >= 4 is 22.5 Å². The molecule has 2 aromatic heterocycles. The van der Waals surface area contributed by atoms with Gasteiger partial charge in [0.05, 0.1) is 23.0 Å². The second-order valence-electron chi connectivity index (χ2n) is 6.37. The van der Waals surface area contributed by atoms with Crippen molar-refractivity contribution in [2.75, 3.05) is 5.32 Å². The van der Waals surface area contributed by atoms with Gasteiger partial charge in [-0.2, -0.15) is 5.10 Å². The lowest BCUT2D eigenvalue weighted by Crippen LogP contribution is -2.17. The van der Waals surface area contributed by atoms with Gasteiger partial charge in [-0.3, -0.25) is 9.48 Å². The Bertz CT molecular complexity index is 1290. The molecule has 2 heterocycles. The molecule has 0 unspecified atom stereocenters. The highest BCUT2D eigenvalue weighted by atomic mass is 19.2. The van der Waals surface area contributed by atoms with Crippen molar-refractivity contribution in [3.63, 3.8) is 0 Å². The van der Waals surface area contributed by atoms with Crippen molar-refractivity contribution in [1.29, 1.82) is 0 Å². The van der Waals surface area contributed by atoms with Crippen LogP contribution in [0, 0.1) is 29.1 Å². The summed E-state index contributed by atoms with van der Waals surface area (Å²) in [6.07, 6.45) is 3.14. The number of amides is 1. The van der Waals surface area contributed by atoms with Crippen LogP contribution in [0.4, 0.5) is 27.6 Å². The average molecular weight is 418 g/mol. The van der Waals surface area contributed by atoms with Crippen LogP contribution in [0.15, 0.2) is 42.7 Å². The van der Waals surface area contributed by atoms with E-state index in [0.29, 0.717) is 22.2 Å². The molecule has 10 heteroatoms. The van der Waals surface area contributed by atoms with E-state index >= 15 is 0 Å². The summed E-state index contributed by atoms with van der Waals surface area (Å²) in [6, 6.07) is 7.80. The number of fused-ring (bicyclic) bond motifs is 1. The number of aromatic nitrogens is 3. The van der Waals surface area contributed by atoms with Gasteiger partial charge in [-0.1, -0.05) is 18.2 Å². The lowest BCUT2D eigenvalue weighted by Gasteiger charge is -2.12. The number of carbonyl (C=O) groups excluding carboxylic acids is 1. The van der Waals surface area contributed by atoms with E-state index in [0.717, 1.165) is 0 Å². The van der Waals surface area contributed by atoms with Gasteiger partial charge in [0.1, 0.15) is 5.69 Å². The Labute approximate surface area is 165 Å². The van der Waals surface area contributed by atoms with Gasteiger partial charge in [-0.05, 0) is 12.1 Å². The summed E-state index contributed by atoms with van der Waals surface area (Å²) in [4.78, 5) is 17.2. The monoisotopic (exact) mass is 418 g/mol. The summed E-state index contributed by atoms with van der Waals surface area (Å²) in [7, 11) is 1.68. The number of halogens is 5. The summed E-state index contributed by atoms with van der Waals surface area (Å²) in [5, 5.41) is 6.15. The molecule has 0 aliphatic rings. The van der Waals surface area contributed by atoms with Crippen LogP contribution in [-0.4, -0.2) is 20.7 Å². The van der Waals surface area contributed by atoms with Crippen molar-refractivity contribution in [2.45, 2.75) is 0 Å². The summed E-state index contributed by atoms with van der Waals surface area (Å²) in [6.45, 7) is 0. The predicted octanol–water partition coefficient (Wildman–Crippen LogP) is 4.58. The van der Waals surface area contributed by atoms with Crippen LogP contribution in [0.3, 0.4) is 0 Å². The summed E-state index contributed by atoms with van der Waals surface area (Å²) >= 11 is 0. The van der Waals surface area contributed by atoms with E-state index < -0.39 is 40.7 Å². The molecule has 4 aromatic rings. The number of hydrogen-bond acceptors (Lipinski definition) is 3. The number of pyridine rings is 1. The smallest absolute Gasteiger partial charge is 0.256 e. The Morgan fingerprint density at radius 1 is 0.967 bits per heavy atom. The quantitative estimate of drug-likeness (QED) is 0.301. The molecule has 1 amide bonds. The van der Waals surface area contributed by atoms with Crippen molar-refractivity contribution < 1.29 is 26.7 Å². The van der Waals surface area contributed by atoms with Crippen LogP contribution in [0.5, 0.6) is 0 Å². The molecule has 0 saturated heterocycles. The van der Waals surface area contributed by atoms with Crippen LogP contribution in [-0.2, 0) is 7.05 Å². The van der Waals surface area contributed by atoms with Crippen LogP contribution >= 0.6 is 0 Å². The zero-order valence-corrected chi connectivity index (χ0v) is 15.2. The molecular weight excluding hydrogens is 407 g/mol. The molecular formula is C20H11F5N4O. The lowest BCUT2D eigenvalue weighted by atomic mass is 10.0. The fourth-order valence-corrected chi connectivity index (χ4v) is 2.96. The maximum absolute atomic E-state index is 14.0. The minimum absolute atomic E-state index is 0.0663. The molecule has 5 nitrogen and oxygen atoms in total. The van der Waals surface area contributed by atoms with E-state index in [4.69, 9.17) is 0 Å². The lowest BCUT2D eigenvalue weighted by molar-refractivity contribution is 0.102. The first-order chi connectivity index (χ1) is 14.3. The molecule has 30 heavy (non-hydrogen) atoms. The molecule has 0 aliphatic heterocycles. The third-order valence-electron chi connectivity index (χ3n) is 4.41. The molecule has 1 N–H and O–H groups in total. The molecule has 0 atom stereocenters. The Morgan fingerprint density at radius 3 is 2.23 bits per heavy atom. The molecule has 0 bridgehead atoms. The number of anilines is 1. The summed E-state index contributed by atoms with van der Waals surface area (Å²) in [5.74, 6) is -11.9. The number of para-hydroxylation sites is 1. The van der Waals surface area contributed by atoms with Crippen LogP contribution in [0.1, 0.15) is 10.4 Å². The SMILES string of the molecule is Cn1cc(-c2cc(C(=O)Nc3c(F)c(F)c(F)c(F)c3F)c3ccccc3n2)cn1. The minimum Gasteiger partial charge on any atom is -0.317 e. The number of aryl methyl sites for hydroxylation is 1. The Kier molecular flexibility index (Phi) is 4.69. The number of benzene rings is 2. The molecule has 0 radical (unpaired) electrons. The third-order valence-corrected chi connectivity index (χ3v) is 4.41. The van der Waals surface area contributed by atoms with E-state index in [1.54, 1.807) is 42.8 Å². The van der Waals surface area contributed by atoms with Crippen LogP contribution in [0.25, 0.3) is 22.2 Å². The first kappa shape index (κ1) is 19.5. The van der Waals surface area contributed by atoms with Gasteiger partial charge in [0.15, 0.2) is 23.3 Å². The van der Waals surface area contributed by atoms with Crippen molar-refractivity contribution in [1.82, 2.24) is 14.8 Å². The predicted molar refractivity (Wildman–Crippen MR) is 98.1 cm³/mol. The van der Waals surface area contributed by atoms with Crippen molar-refractivity contribution in [2.24, 2.45) is 7.05 Å². The molecule has 2 aromatic carbocycles. The fraction of sp³-hybridized carbons (Fsp3) is 0.0500. The second kappa shape index (κ2) is 7.21. The molecule has 0 fully saturated rings. The molecule has 0 spiro atoms. The van der Waals surface area contributed by atoms with Gasteiger partial charge >= 0.3 is 0 Å². The van der Waals surface area contributed by atoms with Crippen LogP contribution in [0.2, 0.25) is 0 Å². The highest BCUT2D eigenvalue weighted by Crippen LogP contribution is 2.29. The highest BCUT2D eigenvalue weighted by molar-refractivity contribution is 6.13. The number of carbonyl (C=O) groups is 1. The van der Waals surface area contributed by atoms with E-state index in [9.17, 15) is 26.7 Å². The van der Waals surface area contributed by atoms with Gasteiger partial charge in [0, 0.05) is 24.2 Å². The molecule has 4 rings (SSSR count).